The molecule has 17 heavy (non-hydrogen) atoms. The van der Waals surface area contributed by atoms with Gasteiger partial charge in [-0.2, -0.15) is 0 Å². The van der Waals surface area contributed by atoms with Crippen LogP contribution >= 0.6 is 0 Å². The third-order valence-corrected chi connectivity index (χ3v) is 2.61. The van der Waals surface area contributed by atoms with Gasteiger partial charge in [0.25, 0.3) is 0 Å². The number of amides is 1. The van der Waals surface area contributed by atoms with Gasteiger partial charge in [0, 0.05) is 11.6 Å². The molecule has 0 saturated heterocycles. The Morgan fingerprint density at radius 1 is 1.53 bits per heavy atom. The Kier molecular flexibility index (Phi) is 4.94. The molecule has 0 aliphatic carbocycles. The van der Waals surface area contributed by atoms with E-state index in [1.807, 2.05) is 13.8 Å². The smallest absolute Gasteiger partial charge is 0.224 e. The van der Waals surface area contributed by atoms with E-state index < -0.39 is 0 Å². The minimum atomic E-state index is -0.364. The van der Waals surface area contributed by atoms with Gasteiger partial charge in [0.2, 0.25) is 5.91 Å². The van der Waals surface area contributed by atoms with E-state index in [4.69, 9.17) is 4.74 Å². The number of hydrogen-bond donors (Lipinski definition) is 1. The predicted molar refractivity (Wildman–Crippen MR) is 64.6 cm³/mol. The van der Waals surface area contributed by atoms with Crippen LogP contribution in [0.3, 0.4) is 0 Å². The van der Waals surface area contributed by atoms with E-state index in [9.17, 15) is 9.18 Å². The molecule has 3 nitrogen and oxygen atoms in total. The van der Waals surface area contributed by atoms with Gasteiger partial charge >= 0.3 is 0 Å². The first-order valence-electron chi connectivity index (χ1n) is 5.68. The lowest BCUT2D eigenvalue weighted by molar-refractivity contribution is -0.121. The van der Waals surface area contributed by atoms with Crippen molar-refractivity contribution in [3.63, 3.8) is 0 Å². The SMILES string of the molecule is CCC(C)NC(=O)Cc1cc(F)ccc1OC. The molecule has 0 saturated carbocycles. The molecule has 1 amide bonds. The Balaban J connectivity index is 2.73. The van der Waals surface area contributed by atoms with Crippen molar-refractivity contribution in [2.75, 3.05) is 7.11 Å². The zero-order valence-corrected chi connectivity index (χ0v) is 10.4. The van der Waals surface area contributed by atoms with Crippen LogP contribution in [-0.2, 0) is 11.2 Å². The fourth-order valence-electron chi connectivity index (χ4n) is 1.49. The van der Waals surface area contributed by atoms with Gasteiger partial charge in [-0.1, -0.05) is 6.92 Å². The standard InChI is InChI=1S/C13H18FNO2/c1-4-9(2)15-13(16)8-10-7-11(14)5-6-12(10)17-3/h5-7,9H,4,8H2,1-3H3,(H,15,16). The summed E-state index contributed by atoms with van der Waals surface area (Å²) in [6.07, 6.45) is 0.997. The first-order valence-corrected chi connectivity index (χ1v) is 5.68. The van der Waals surface area contributed by atoms with Gasteiger partial charge in [-0.3, -0.25) is 4.79 Å². The minimum Gasteiger partial charge on any atom is -0.496 e. The van der Waals surface area contributed by atoms with Crippen LogP contribution in [0.5, 0.6) is 5.75 Å². The monoisotopic (exact) mass is 239 g/mol. The van der Waals surface area contributed by atoms with Gasteiger partial charge in [-0.05, 0) is 31.5 Å². The summed E-state index contributed by atoms with van der Waals surface area (Å²) in [7, 11) is 1.50. The lowest BCUT2D eigenvalue weighted by Crippen LogP contribution is -2.33. The number of carbonyl (C=O) groups is 1. The van der Waals surface area contributed by atoms with Crippen molar-refractivity contribution in [3.05, 3.63) is 29.6 Å². The molecule has 1 unspecified atom stereocenters. The van der Waals surface area contributed by atoms with Gasteiger partial charge in [0.1, 0.15) is 11.6 Å². The van der Waals surface area contributed by atoms with Crippen LogP contribution in [0, 0.1) is 5.82 Å². The summed E-state index contributed by atoms with van der Waals surface area (Å²) in [4.78, 5) is 11.7. The molecule has 0 heterocycles. The summed E-state index contributed by atoms with van der Waals surface area (Å²) in [5.74, 6) is 0.0473. The number of halogens is 1. The van der Waals surface area contributed by atoms with Gasteiger partial charge in [0.15, 0.2) is 0 Å². The van der Waals surface area contributed by atoms with Crippen LogP contribution in [0.25, 0.3) is 0 Å². The molecule has 94 valence electrons. The van der Waals surface area contributed by atoms with Crippen LogP contribution in [0.2, 0.25) is 0 Å². The molecule has 0 bridgehead atoms. The maximum atomic E-state index is 13.1. The molecule has 1 aromatic carbocycles. The molecule has 1 atom stereocenters. The highest BCUT2D eigenvalue weighted by molar-refractivity contribution is 5.79. The number of benzene rings is 1. The maximum absolute atomic E-state index is 13.1. The molecule has 0 aliphatic heterocycles. The third-order valence-electron chi connectivity index (χ3n) is 2.61. The summed E-state index contributed by atoms with van der Waals surface area (Å²) >= 11 is 0. The number of hydrogen-bond acceptors (Lipinski definition) is 2. The van der Waals surface area contributed by atoms with E-state index in [0.29, 0.717) is 11.3 Å². The van der Waals surface area contributed by atoms with E-state index in [2.05, 4.69) is 5.32 Å². The summed E-state index contributed by atoms with van der Waals surface area (Å²) in [5.41, 5.74) is 0.563. The van der Waals surface area contributed by atoms with Crippen LogP contribution in [-0.4, -0.2) is 19.1 Å². The highest BCUT2D eigenvalue weighted by atomic mass is 19.1. The van der Waals surface area contributed by atoms with E-state index in [0.717, 1.165) is 6.42 Å². The number of methoxy groups -OCH3 is 1. The Labute approximate surface area is 101 Å². The average molecular weight is 239 g/mol. The van der Waals surface area contributed by atoms with Crippen molar-refractivity contribution in [1.82, 2.24) is 5.32 Å². The molecule has 0 fully saturated rings. The Morgan fingerprint density at radius 2 is 2.24 bits per heavy atom. The fraction of sp³-hybridized carbons (Fsp3) is 0.462. The Hall–Kier alpha value is -1.58. The molecule has 0 aromatic heterocycles. The lowest BCUT2D eigenvalue weighted by atomic mass is 10.1. The summed E-state index contributed by atoms with van der Waals surface area (Å²) < 4.78 is 18.2. The Bertz CT molecular complexity index is 393. The highest BCUT2D eigenvalue weighted by Gasteiger charge is 2.11. The van der Waals surface area contributed by atoms with Crippen molar-refractivity contribution in [3.8, 4) is 5.75 Å². The van der Waals surface area contributed by atoms with E-state index in [-0.39, 0.29) is 24.2 Å². The van der Waals surface area contributed by atoms with E-state index in [1.54, 1.807) is 0 Å². The molecule has 1 N–H and O–H groups in total. The zero-order chi connectivity index (χ0) is 12.8. The third kappa shape index (κ3) is 4.06. The Morgan fingerprint density at radius 3 is 2.82 bits per heavy atom. The van der Waals surface area contributed by atoms with Gasteiger partial charge in [-0.15, -0.1) is 0 Å². The van der Waals surface area contributed by atoms with Crippen LogP contribution in [0.4, 0.5) is 4.39 Å². The summed E-state index contributed by atoms with van der Waals surface area (Å²) in [6.45, 7) is 3.93. The van der Waals surface area contributed by atoms with Gasteiger partial charge in [-0.25, -0.2) is 4.39 Å². The molecule has 1 aromatic rings. The second-order valence-electron chi connectivity index (χ2n) is 4.01. The number of ether oxygens (including phenoxy) is 1. The first kappa shape index (κ1) is 13.5. The highest BCUT2D eigenvalue weighted by Crippen LogP contribution is 2.19. The number of nitrogens with one attached hydrogen (secondary N) is 1. The predicted octanol–water partition coefficient (Wildman–Crippen LogP) is 2.29. The molecule has 1 rings (SSSR count). The van der Waals surface area contributed by atoms with Crippen LogP contribution in [0.15, 0.2) is 18.2 Å². The van der Waals surface area contributed by atoms with Crippen molar-refractivity contribution in [2.24, 2.45) is 0 Å². The van der Waals surface area contributed by atoms with Crippen molar-refractivity contribution >= 4 is 5.91 Å². The number of carbonyl (C=O) groups excluding carboxylic acids is 1. The fourth-order valence-corrected chi connectivity index (χ4v) is 1.49. The maximum Gasteiger partial charge on any atom is 0.224 e. The lowest BCUT2D eigenvalue weighted by Gasteiger charge is -2.12. The van der Waals surface area contributed by atoms with E-state index in [1.165, 1.54) is 25.3 Å². The molecular weight excluding hydrogens is 221 g/mol. The zero-order valence-electron chi connectivity index (χ0n) is 10.4. The minimum absolute atomic E-state index is 0.122. The quantitative estimate of drug-likeness (QED) is 0.856. The molecule has 4 heteroatoms. The van der Waals surface area contributed by atoms with Gasteiger partial charge in [0.05, 0.1) is 13.5 Å². The van der Waals surface area contributed by atoms with Gasteiger partial charge < -0.3 is 10.1 Å². The molecule has 0 spiro atoms. The molecule has 0 radical (unpaired) electrons. The summed E-state index contributed by atoms with van der Waals surface area (Å²) in [5, 5.41) is 2.83. The van der Waals surface area contributed by atoms with Crippen molar-refractivity contribution in [1.29, 1.82) is 0 Å². The normalized spacial score (nSPS) is 12.0. The number of rotatable bonds is 5. The van der Waals surface area contributed by atoms with E-state index >= 15 is 0 Å². The average Bonchev–Trinajstić information content (AvgIpc) is 2.29. The molecular formula is C13H18FNO2. The second kappa shape index (κ2) is 6.23. The van der Waals surface area contributed by atoms with Crippen LogP contribution in [0.1, 0.15) is 25.8 Å². The van der Waals surface area contributed by atoms with Crippen molar-refractivity contribution in [2.45, 2.75) is 32.7 Å². The molecule has 0 aliphatic rings. The van der Waals surface area contributed by atoms with Crippen LogP contribution < -0.4 is 10.1 Å². The first-order chi connectivity index (χ1) is 8.06. The largest absolute Gasteiger partial charge is 0.496 e. The summed E-state index contributed by atoms with van der Waals surface area (Å²) in [6, 6.07) is 4.30. The second-order valence-corrected chi connectivity index (χ2v) is 4.01. The topological polar surface area (TPSA) is 38.3 Å². The van der Waals surface area contributed by atoms with Crippen molar-refractivity contribution < 1.29 is 13.9 Å².